The molecule has 136 valence electrons. The fourth-order valence-electron chi connectivity index (χ4n) is 2.50. The van der Waals surface area contributed by atoms with Crippen molar-refractivity contribution in [2.45, 2.75) is 24.5 Å². The first-order valence-corrected chi connectivity index (χ1v) is 9.50. The number of hydrogen-bond donors (Lipinski definition) is 0. The van der Waals surface area contributed by atoms with Crippen LogP contribution in [-0.4, -0.2) is 29.7 Å². The summed E-state index contributed by atoms with van der Waals surface area (Å²) >= 11 is 1.50. The van der Waals surface area contributed by atoms with Crippen molar-refractivity contribution in [3.05, 3.63) is 66.1 Å². The molecule has 0 saturated carbocycles. The summed E-state index contributed by atoms with van der Waals surface area (Å²) in [6.45, 7) is 2.73. The highest BCUT2D eigenvalue weighted by molar-refractivity contribution is 7.99. The van der Waals surface area contributed by atoms with E-state index in [4.69, 9.17) is 13.9 Å². The molecule has 26 heavy (non-hydrogen) atoms. The molecule has 0 aliphatic rings. The molecule has 0 amide bonds. The highest BCUT2D eigenvalue weighted by atomic mass is 32.2. The van der Waals surface area contributed by atoms with E-state index in [9.17, 15) is 0 Å². The molecular weight excluding hydrogens is 348 g/mol. The number of hydrogen-bond acceptors (Lipinski definition) is 6. The monoisotopic (exact) mass is 370 g/mol. The molecule has 1 unspecified atom stereocenters. The number of methoxy groups -OCH3 is 1. The van der Waals surface area contributed by atoms with Gasteiger partial charge in [0.05, 0.1) is 13.7 Å². The van der Waals surface area contributed by atoms with Crippen LogP contribution in [0, 0.1) is 0 Å². The number of aromatic nitrogens is 2. The van der Waals surface area contributed by atoms with Crippen molar-refractivity contribution in [2.75, 3.05) is 19.5 Å². The Kier molecular flexibility index (Phi) is 6.55. The van der Waals surface area contributed by atoms with E-state index in [0.717, 1.165) is 23.7 Å². The lowest BCUT2D eigenvalue weighted by atomic mass is 9.98. The molecule has 2 aromatic carbocycles. The maximum Gasteiger partial charge on any atom is 0.276 e. The summed E-state index contributed by atoms with van der Waals surface area (Å²) in [6, 6.07) is 17.9. The second-order valence-corrected chi connectivity index (χ2v) is 6.90. The minimum Gasteiger partial charge on any atom is -0.497 e. The zero-order chi connectivity index (χ0) is 18.2. The van der Waals surface area contributed by atoms with Gasteiger partial charge in [-0.3, -0.25) is 0 Å². The third-order valence-corrected chi connectivity index (χ3v) is 4.72. The van der Waals surface area contributed by atoms with Crippen LogP contribution in [0.25, 0.3) is 0 Å². The summed E-state index contributed by atoms with van der Waals surface area (Å²) in [4.78, 5) is 0. The summed E-state index contributed by atoms with van der Waals surface area (Å²) in [6.07, 6.45) is 0.736. The van der Waals surface area contributed by atoms with Crippen LogP contribution in [0.2, 0.25) is 0 Å². The Morgan fingerprint density at radius 2 is 1.73 bits per heavy atom. The van der Waals surface area contributed by atoms with E-state index in [1.54, 1.807) is 7.11 Å². The van der Waals surface area contributed by atoms with Crippen LogP contribution in [0.5, 0.6) is 11.5 Å². The summed E-state index contributed by atoms with van der Waals surface area (Å²) in [5.41, 5.74) is 1.27. The molecule has 0 bridgehead atoms. The predicted molar refractivity (Wildman–Crippen MR) is 102 cm³/mol. The quantitative estimate of drug-likeness (QED) is 0.405. The van der Waals surface area contributed by atoms with E-state index in [-0.39, 0.29) is 0 Å². The third kappa shape index (κ3) is 5.26. The molecule has 0 aliphatic heterocycles. The van der Waals surface area contributed by atoms with E-state index in [1.807, 2.05) is 42.5 Å². The molecule has 0 fully saturated rings. The molecule has 3 rings (SSSR count). The highest BCUT2D eigenvalue weighted by Crippen LogP contribution is 2.23. The van der Waals surface area contributed by atoms with Gasteiger partial charge in [-0.1, -0.05) is 49.0 Å². The minimum absolute atomic E-state index is 0.341. The first-order valence-electron chi connectivity index (χ1n) is 8.51. The molecule has 1 aromatic heterocycles. The fraction of sp³-hybridized carbons (Fsp3) is 0.300. The summed E-state index contributed by atoms with van der Waals surface area (Å²) in [5, 5.41) is 8.83. The highest BCUT2D eigenvalue weighted by Gasteiger charge is 2.12. The van der Waals surface area contributed by atoms with Gasteiger partial charge in [-0.15, -0.1) is 10.2 Å². The lowest BCUT2D eigenvalue weighted by molar-refractivity contribution is 0.341. The van der Waals surface area contributed by atoms with Gasteiger partial charge >= 0.3 is 0 Å². The number of ether oxygens (including phenoxy) is 2. The van der Waals surface area contributed by atoms with Gasteiger partial charge < -0.3 is 13.9 Å². The molecule has 1 atom stereocenters. The van der Waals surface area contributed by atoms with Gasteiger partial charge in [-0.05, 0) is 35.7 Å². The van der Waals surface area contributed by atoms with E-state index in [1.165, 1.54) is 17.3 Å². The van der Waals surface area contributed by atoms with Gasteiger partial charge in [0, 0.05) is 12.2 Å². The zero-order valence-corrected chi connectivity index (χ0v) is 15.7. The predicted octanol–water partition coefficient (Wildman–Crippen LogP) is 4.60. The van der Waals surface area contributed by atoms with E-state index in [0.29, 0.717) is 23.6 Å². The smallest absolute Gasteiger partial charge is 0.276 e. The van der Waals surface area contributed by atoms with Crippen LogP contribution in [-0.2, 0) is 6.42 Å². The van der Waals surface area contributed by atoms with Crippen LogP contribution in [0.3, 0.4) is 0 Å². The van der Waals surface area contributed by atoms with Gasteiger partial charge in [-0.2, -0.15) is 0 Å². The van der Waals surface area contributed by atoms with Crippen molar-refractivity contribution in [3.8, 4) is 11.5 Å². The lowest BCUT2D eigenvalue weighted by Crippen LogP contribution is -2.00. The topological polar surface area (TPSA) is 57.4 Å². The van der Waals surface area contributed by atoms with Crippen molar-refractivity contribution in [1.82, 2.24) is 10.2 Å². The van der Waals surface area contributed by atoms with E-state index >= 15 is 0 Å². The zero-order valence-electron chi connectivity index (χ0n) is 14.9. The van der Waals surface area contributed by atoms with Crippen molar-refractivity contribution in [2.24, 2.45) is 0 Å². The number of benzene rings is 2. The van der Waals surface area contributed by atoms with Crippen LogP contribution < -0.4 is 9.47 Å². The number of rotatable bonds is 9. The molecular formula is C20H22N2O3S. The molecule has 0 saturated heterocycles. The Morgan fingerprint density at radius 1 is 1.00 bits per heavy atom. The van der Waals surface area contributed by atoms with Gasteiger partial charge in [0.1, 0.15) is 11.5 Å². The Morgan fingerprint density at radius 3 is 2.46 bits per heavy atom. The maximum absolute atomic E-state index is 5.73. The van der Waals surface area contributed by atoms with E-state index in [2.05, 4.69) is 29.3 Å². The van der Waals surface area contributed by atoms with Crippen molar-refractivity contribution < 1.29 is 13.9 Å². The van der Waals surface area contributed by atoms with E-state index < -0.39 is 0 Å². The molecule has 6 heteroatoms. The second kappa shape index (κ2) is 9.29. The maximum atomic E-state index is 5.73. The number of thioether (sulfide) groups is 1. The molecule has 1 heterocycles. The van der Waals surface area contributed by atoms with Crippen molar-refractivity contribution in [1.29, 1.82) is 0 Å². The normalized spacial score (nSPS) is 11.9. The van der Waals surface area contributed by atoms with Gasteiger partial charge in [0.25, 0.3) is 5.22 Å². The third-order valence-electron chi connectivity index (χ3n) is 3.93. The van der Waals surface area contributed by atoms with Crippen LogP contribution >= 0.6 is 11.8 Å². The van der Waals surface area contributed by atoms with Gasteiger partial charge in [0.2, 0.25) is 5.89 Å². The molecule has 0 radical (unpaired) electrons. The van der Waals surface area contributed by atoms with Crippen LogP contribution in [0.4, 0.5) is 0 Å². The van der Waals surface area contributed by atoms with Crippen LogP contribution in [0.15, 0.2) is 64.2 Å². The number of nitrogens with zero attached hydrogens (tertiary/aromatic N) is 2. The molecule has 5 nitrogen and oxygen atoms in total. The van der Waals surface area contributed by atoms with Crippen LogP contribution in [0.1, 0.15) is 24.3 Å². The lowest BCUT2D eigenvalue weighted by Gasteiger charge is -2.08. The Bertz CT molecular complexity index is 790. The summed E-state index contributed by atoms with van der Waals surface area (Å²) in [5.74, 6) is 3.37. The molecule has 3 aromatic rings. The Balaban J connectivity index is 1.42. The molecule has 0 aliphatic carbocycles. The SMILES string of the molecule is COc1ccc(OCCSc2nnc(CC(C)c3ccccc3)o2)cc1. The van der Waals surface area contributed by atoms with Crippen molar-refractivity contribution in [3.63, 3.8) is 0 Å². The minimum atomic E-state index is 0.341. The van der Waals surface area contributed by atoms with Gasteiger partial charge in [-0.25, -0.2) is 0 Å². The summed E-state index contributed by atoms with van der Waals surface area (Å²) < 4.78 is 16.5. The standard InChI is InChI=1S/C20H22N2O3S/c1-15(16-6-4-3-5-7-16)14-19-21-22-20(25-19)26-13-12-24-18-10-8-17(23-2)9-11-18/h3-11,15H,12-14H2,1-2H3. The fourth-order valence-corrected chi connectivity index (χ4v) is 3.10. The molecule has 0 N–H and O–H groups in total. The average Bonchev–Trinajstić information content (AvgIpc) is 3.13. The van der Waals surface area contributed by atoms with Gasteiger partial charge in [0.15, 0.2) is 0 Å². The van der Waals surface area contributed by atoms with Crippen molar-refractivity contribution >= 4 is 11.8 Å². The summed E-state index contributed by atoms with van der Waals surface area (Å²) in [7, 11) is 1.64. The first-order chi connectivity index (χ1) is 12.7. The molecule has 0 spiro atoms. The Hall–Kier alpha value is -2.47. The second-order valence-electron chi connectivity index (χ2n) is 5.85. The largest absolute Gasteiger partial charge is 0.497 e. The average molecular weight is 370 g/mol. The Labute approximate surface area is 157 Å². The first kappa shape index (κ1) is 18.3.